The number of nitrogens with zero attached hydrogens (tertiary/aromatic N) is 1. The van der Waals surface area contributed by atoms with Gasteiger partial charge >= 0.3 is 0 Å². The quantitative estimate of drug-likeness (QED) is 0.578. The highest BCUT2D eigenvalue weighted by Gasteiger charge is 2.26. The summed E-state index contributed by atoms with van der Waals surface area (Å²) in [5, 5.41) is 0. The van der Waals surface area contributed by atoms with Crippen molar-refractivity contribution in [2.75, 3.05) is 13.6 Å². The highest BCUT2D eigenvalue weighted by Crippen LogP contribution is 2.18. The molecule has 0 heterocycles. The number of rotatable bonds is 5. The van der Waals surface area contributed by atoms with Crippen LogP contribution in [0.2, 0.25) is 18.6 Å². The van der Waals surface area contributed by atoms with Crippen LogP contribution in [0.3, 0.4) is 0 Å². The van der Waals surface area contributed by atoms with Crippen LogP contribution in [-0.4, -0.2) is 26.4 Å². The van der Waals surface area contributed by atoms with E-state index in [0.29, 0.717) is 0 Å². The Kier molecular flexibility index (Phi) is 5.02. The SMILES string of the molecule is CCCN(C)[Si](C)(CC)CC. The number of hydrogen-bond acceptors (Lipinski definition) is 1. The van der Waals surface area contributed by atoms with Crippen LogP contribution in [0.25, 0.3) is 0 Å². The van der Waals surface area contributed by atoms with E-state index < -0.39 is 8.24 Å². The third-order valence-corrected chi connectivity index (χ3v) is 8.12. The normalized spacial score (nSPS) is 12.5. The van der Waals surface area contributed by atoms with Crippen LogP contribution < -0.4 is 0 Å². The van der Waals surface area contributed by atoms with Crippen molar-refractivity contribution in [2.45, 2.75) is 45.8 Å². The molecule has 0 spiro atoms. The van der Waals surface area contributed by atoms with Crippen molar-refractivity contribution in [3.8, 4) is 0 Å². The maximum atomic E-state index is 2.62. The first kappa shape index (κ1) is 11.2. The van der Waals surface area contributed by atoms with Crippen molar-refractivity contribution in [3.05, 3.63) is 0 Å². The van der Waals surface area contributed by atoms with E-state index in [1.807, 2.05) is 0 Å². The Balaban J connectivity index is 4.00. The highest BCUT2D eigenvalue weighted by atomic mass is 28.3. The van der Waals surface area contributed by atoms with Crippen LogP contribution >= 0.6 is 0 Å². The summed E-state index contributed by atoms with van der Waals surface area (Å²) in [5.41, 5.74) is 0. The molecule has 0 radical (unpaired) electrons. The van der Waals surface area contributed by atoms with E-state index in [0.717, 1.165) is 0 Å². The molecule has 1 nitrogen and oxygen atoms in total. The Morgan fingerprint density at radius 3 is 1.82 bits per heavy atom. The molecule has 0 aromatic heterocycles. The monoisotopic (exact) mass is 173 g/mol. The van der Waals surface area contributed by atoms with Crippen LogP contribution in [0, 0.1) is 0 Å². The Morgan fingerprint density at radius 2 is 1.55 bits per heavy atom. The fraction of sp³-hybridized carbons (Fsp3) is 1.00. The molecule has 0 aromatic rings. The summed E-state index contributed by atoms with van der Waals surface area (Å²) in [7, 11) is 1.31. The van der Waals surface area contributed by atoms with Gasteiger partial charge in [-0.3, -0.25) is 0 Å². The molecule has 11 heavy (non-hydrogen) atoms. The largest absolute Gasteiger partial charge is 0.326 e. The third kappa shape index (κ3) is 2.95. The zero-order valence-corrected chi connectivity index (χ0v) is 9.78. The van der Waals surface area contributed by atoms with E-state index >= 15 is 0 Å². The van der Waals surface area contributed by atoms with Gasteiger partial charge in [0, 0.05) is 0 Å². The standard InChI is InChI=1S/C9H23NSi/c1-6-9-10(4)11(5,7-2)8-3/h6-9H2,1-5H3. The van der Waals surface area contributed by atoms with Gasteiger partial charge in [-0.25, -0.2) is 0 Å². The summed E-state index contributed by atoms with van der Waals surface area (Å²) < 4.78 is 2.62. The summed E-state index contributed by atoms with van der Waals surface area (Å²) in [6, 6.07) is 2.78. The molecule has 0 unspecified atom stereocenters. The van der Waals surface area contributed by atoms with E-state index in [1.165, 1.54) is 25.1 Å². The molecule has 0 N–H and O–H groups in total. The molecular formula is C9H23NSi. The van der Waals surface area contributed by atoms with Crippen molar-refractivity contribution in [2.24, 2.45) is 0 Å². The second-order valence-electron chi connectivity index (χ2n) is 3.63. The molecule has 0 saturated carbocycles. The first-order valence-corrected chi connectivity index (χ1v) is 7.68. The molecular weight excluding hydrogens is 150 g/mol. The Bertz CT molecular complexity index is 99.7. The lowest BCUT2D eigenvalue weighted by Crippen LogP contribution is -2.47. The topological polar surface area (TPSA) is 3.24 Å². The zero-order chi connectivity index (χ0) is 8.91. The van der Waals surface area contributed by atoms with Gasteiger partial charge in [0.15, 0.2) is 0 Å². The average Bonchev–Trinajstić information content (AvgIpc) is 2.03. The smallest absolute Gasteiger partial charge is 0.124 e. The third-order valence-electron chi connectivity index (χ3n) is 3.00. The van der Waals surface area contributed by atoms with Gasteiger partial charge in [-0.1, -0.05) is 27.3 Å². The van der Waals surface area contributed by atoms with Crippen LogP contribution in [0.1, 0.15) is 27.2 Å². The van der Waals surface area contributed by atoms with Crippen LogP contribution in [-0.2, 0) is 0 Å². The predicted octanol–water partition coefficient (Wildman–Crippen LogP) is 2.94. The highest BCUT2D eigenvalue weighted by molar-refractivity contribution is 6.75. The van der Waals surface area contributed by atoms with Crippen molar-refractivity contribution < 1.29 is 0 Å². The van der Waals surface area contributed by atoms with Gasteiger partial charge in [0.05, 0.1) is 0 Å². The lowest BCUT2D eigenvalue weighted by atomic mass is 10.5. The second kappa shape index (κ2) is 4.94. The minimum absolute atomic E-state index is 0.988. The molecule has 0 fully saturated rings. The maximum absolute atomic E-state index is 2.62. The van der Waals surface area contributed by atoms with Crippen molar-refractivity contribution in [3.63, 3.8) is 0 Å². The Labute approximate surface area is 72.9 Å². The predicted molar refractivity (Wildman–Crippen MR) is 55.5 cm³/mol. The fourth-order valence-corrected chi connectivity index (χ4v) is 3.74. The lowest BCUT2D eigenvalue weighted by Gasteiger charge is -2.35. The van der Waals surface area contributed by atoms with Crippen LogP contribution in [0.4, 0.5) is 0 Å². The van der Waals surface area contributed by atoms with Gasteiger partial charge < -0.3 is 4.57 Å². The lowest BCUT2D eigenvalue weighted by molar-refractivity contribution is 0.495. The van der Waals surface area contributed by atoms with Gasteiger partial charge in [-0.2, -0.15) is 0 Å². The van der Waals surface area contributed by atoms with Gasteiger partial charge in [0.1, 0.15) is 8.24 Å². The summed E-state index contributed by atoms with van der Waals surface area (Å²) in [6.07, 6.45) is 1.29. The van der Waals surface area contributed by atoms with E-state index in [1.54, 1.807) is 0 Å². The summed E-state index contributed by atoms with van der Waals surface area (Å²) in [6.45, 7) is 10.7. The number of hydrogen-bond donors (Lipinski definition) is 0. The zero-order valence-electron chi connectivity index (χ0n) is 8.78. The maximum Gasteiger partial charge on any atom is 0.124 e. The van der Waals surface area contributed by atoms with Gasteiger partial charge in [-0.05, 0) is 32.1 Å². The van der Waals surface area contributed by atoms with Crippen molar-refractivity contribution in [1.82, 2.24) is 4.57 Å². The molecule has 2 heteroatoms. The molecule has 0 bridgehead atoms. The second-order valence-corrected chi connectivity index (χ2v) is 8.80. The van der Waals surface area contributed by atoms with Crippen molar-refractivity contribution >= 4 is 8.24 Å². The minimum atomic E-state index is -0.988. The average molecular weight is 173 g/mol. The Morgan fingerprint density at radius 1 is 1.09 bits per heavy atom. The summed E-state index contributed by atoms with van der Waals surface area (Å²) in [5.74, 6) is 0. The molecule has 0 saturated heterocycles. The van der Waals surface area contributed by atoms with E-state index in [2.05, 4.69) is 38.9 Å². The summed E-state index contributed by atoms with van der Waals surface area (Å²) in [4.78, 5) is 0. The molecule has 0 aliphatic heterocycles. The first-order chi connectivity index (χ1) is 5.10. The van der Waals surface area contributed by atoms with E-state index in [-0.39, 0.29) is 0 Å². The molecule has 0 atom stereocenters. The van der Waals surface area contributed by atoms with Gasteiger partial charge in [-0.15, -0.1) is 0 Å². The molecule has 0 amide bonds. The molecule has 68 valence electrons. The van der Waals surface area contributed by atoms with E-state index in [4.69, 9.17) is 0 Å². The molecule has 0 aliphatic rings. The Hall–Kier alpha value is 0.177. The molecule has 0 aromatic carbocycles. The fourth-order valence-electron chi connectivity index (χ4n) is 1.40. The van der Waals surface area contributed by atoms with E-state index in [9.17, 15) is 0 Å². The molecule has 0 aliphatic carbocycles. The summed E-state index contributed by atoms with van der Waals surface area (Å²) >= 11 is 0. The van der Waals surface area contributed by atoms with Gasteiger partial charge in [0.2, 0.25) is 0 Å². The van der Waals surface area contributed by atoms with Crippen LogP contribution in [0.15, 0.2) is 0 Å². The minimum Gasteiger partial charge on any atom is -0.326 e. The van der Waals surface area contributed by atoms with Gasteiger partial charge in [0.25, 0.3) is 0 Å². The van der Waals surface area contributed by atoms with Crippen molar-refractivity contribution in [1.29, 1.82) is 0 Å². The van der Waals surface area contributed by atoms with Crippen LogP contribution in [0.5, 0.6) is 0 Å². The first-order valence-electron chi connectivity index (χ1n) is 4.82. The molecule has 0 rings (SSSR count).